The lowest BCUT2D eigenvalue weighted by molar-refractivity contribution is -0.147. The zero-order chi connectivity index (χ0) is 12.8. The number of amides is 2. The lowest BCUT2D eigenvalue weighted by atomic mass is 9.97. The number of carbonyl (C=O) groups is 3. The molecule has 0 bridgehead atoms. The highest BCUT2D eigenvalue weighted by Crippen LogP contribution is 2.17. The van der Waals surface area contributed by atoms with Crippen molar-refractivity contribution in [2.75, 3.05) is 19.6 Å². The summed E-state index contributed by atoms with van der Waals surface area (Å²) in [6.07, 6.45) is 0.879. The van der Waals surface area contributed by atoms with E-state index in [-0.39, 0.29) is 31.2 Å². The molecule has 0 aromatic rings. The molecule has 1 saturated heterocycles. The predicted molar refractivity (Wildman–Crippen MR) is 60.2 cm³/mol. The van der Waals surface area contributed by atoms with Crippen molar-refractivity contribution in [1.29, 1.82) is 0 Å². The minimum absolute atomic E-state index is 0.0631. The van der Waals surface area contributed by atoms with Crippen LogP contribution in [0.2, 0.25) is 0 Å². The molecule has 0 aromatic carbocycles. The van der Waals surface area contributed by atoms with Crippen molar-refractivity contribution in [2.24, 2.45) is 5.92 Å². The maximum Gasteiger partial charge on any atom is 0.308 e. The van der Waals surface area contributed by atoms with E-state index in [1.165, 1.54) is 4.90 Å². The second-order valence-electron chi connectivity index (χ2n) is 4.12. The third-order valence-corrected chi connectivity index (χ3v) is 2.83. The van der Waals surface area contributed by atoms with Gasteiger partial charge in [-0.3, -0.25) is 14.4 Å². The molecule has 0 radical (unpaired) electrons. The first-order valence-electron chi connectivity index (χ1n) is 5.81. The van der Waals surface area contributed by atoms with E-state index >= 15 is 0 Å². The molecule has 2 N–H and O–H groups in total. The molecule has 1 atom stereocenters. The fourth-order valence-corrected chi connectivity index (χ4v) is 1.85. The van der Waals surface area contributed by atoms with Gasteiger partial charge in [0.05, 0.1) is 5.92 Å². The van der Waals surface area contributed by atoms with Crippen molar-refractivity contribution in [1.82, 2.24) is 10.2 Å². The summed E-state index contributed by atoms with van der Waals surface area (Å²) in [5.74, 6) is -1.55. The standard InChI is InChI=1S/C11H18N2O4/c1-2-12-9(14)5-6-13-7-8(11(16)17)3-4-10(13)15/h8H,2-7H2,1H3,(H,12,14)(H,16,17). The quantitative estimate of drug-likeness (QED) is 0.701. The average molecular weight is 242 g/mol. The number of hydrogen-bond acceptors (Lipinski definition) is 3. The molecule has 0 aliphatic carbocycles. The Kier molecular flexibility index (Phi) is 4.93. The third-order valence-electron chi connectivity index (χ3n) is 2.83. The zero-order valence-corrected chi connectivity index (χ0v) is 9.94. The minimum atomic E-state index is -0.875. The summed E-state index contributed by atoms with van der Waals surface area (Å²) < 4.78 is 0. The van der Waals surface area contributed by atoms with Crippen LogP contribution in [0.3, 0.4) is 0 Å². The van der Waals surface area contributed by atoms with Gasteiger partial charge in [0, 0.05) is 32.5 Å². The molecule has 1 rings (SSSR count). The highest BCUT2D eigenvalue weighted by molar-refractivity contribution is 5.81. The van der Waals surface area contributed by atoms with Crippen LogP contribution in [0.25, 0.3) is 0 Å². The first kappa shape index (κ1) is 13.5. The van der Waals surface area contributed by atoms with Crippen LogP contribution in [0, 0.1) is 5.92 Å². The Labute approximate surface area is 100.0 Å². The lowest BCUT2D eigenvalue weighted by Gasteiger charge is -2.30. The average Bonchev–Trinajstić information content (AvgIpc) is 2.28. The van der Waals surface area contributed by atoms with Gasteiger partial charge in [-0.2, -0.15) is 0 Å². The Morgan fingerprint density at radius 1 is 1.53 bits per heavy atom. The van der Waals surface area contributed by atoms with Crippen LogP contribution in [0.4, 0.5) is 0 Å². The number of aliphatic carboxylic acids is 1. The zero-order valence-electron chi connectivity index (χ0n) is 9.94. The van der Waals surface area contributed by atoms with Gasteiger partial charge in [0.15, 0.2) is 0 Å². The molecule has 0 saturated carbocycles. The van der Waals surface area contributed by atoms with Gasteiger partial charge in [0.25, 0.3) is 0 Å². The topological polar surface area (TPSA) is 86.7 Å². The number of nitrogens with zero attached hydrogens (tertiary/aromatic N) is 1. The summed E-state index contributed by atoms with van der Waals surface area (Å²) in [7, 11) is 0. The van der Waals surface area contributed by atoms with Gasteiger partial charge >= 0.3 is 5.97 Å². The summed E-state index contributed by atoms with van der Waals surface area (Å²) in [5.41, 5.74) is 0. The van der Waals surface area contributed by atoms with Gasteiger partial charge in [-0.15, -0.1) is 0 Å². The van der Waals surface area contributed by atoms with E-state index in [0.29, 0.717) is 19.5 Å². The number of nitrogens with one attached hydrogen (secondary N) is 1. The summed E-state index contributed by atoms with van der Waals surface area (Å²) >= 11 is 0. The fraction of sp³-hybridized carbons (Fsp3) is 0.727. The van der Waals surface area contributed by atoms with E-state index in [9.17, 15) is 14.4 Å². The van der Waals surface area contributed by atoms with Crippen LogP contribution in [0.5, 0.6) is 0 Å². The molecular weight excluding hydrogens is 224 g/mol. The minimum Gasteiger partial charge on any atom is -0.481 e. The largest absolute Gasteiger partial charge is 0.481 e. The lowest BCUT2D eigenvalue weighted by Crippen LogP contribution is -2.44. The molecule has 1 heterocycles. The van der Waals surface area contributed by atoms with Crippen LogP contribution in [-0.2, 0) is 14.4 Å². The molecule has 6 heteroatoms. The van der Waals surface area contributed by atoms with Crippen LogP contribution in [0.15, 0.2) is 0 Å². The summed E-state index contributed by atoms with van der Waals surface area (Å²) in [5, 5.41) is 11.5. The monoisotopic (exact) mass is 242 g/mol. The predicted octanol–water partition coefficient (Wildman–Crippen LogP) is -0.164. The number of carbonyl (C=O) groups excluding carboxylic acids is 2. The molecule has 1 fully saturated rings. The first-order chi connectivity index (χ1) is 8.04. The van der Waals surface area contributed by atoms with Gasteiger partial charge < -0.3 is 15.3 Å². The van der Waals surface area contributed by atoms with E-state index in [1.807, 2.05) is 6.92 Å². The molecular formula is C11H18N2O4. The molecule has 1 unspecified atom stereocenters. The Balaban J connectivity index is 2.42. The van der Waals surface area contributed by atoms with Crippen LogP contribution in [0.1, 0.15) is 26.2 Å². The number of hydrogen-bond donors (Lipinski definition) is 2. The van der Waals surface area contributed by atoms with Crippen molar-refractivity contribution in [2.45, 2.75) is 26.2 Å². The van der Waals surface area contributed by atoms with Crippen LogP contribution in [-0.4, -0.2) is 47.4 Å². The van der Waals surface area contributed by atoms with Gasteiger partial charge in [-0.25, -0.2) is 0 Å². The van der Waals surface area contributed by atoms with Gasteiger partial charge in [-0.05, 0) is 13.3 Å². The van der Waals surface area contributed by atoms with E-state index in [0.717, 1.165) is 0 Å². The summed E-state index contributed by atoms with van der Waals surface area (Å²) in [4.78, 5) is 35.1. The normalized spacial score (nSPS) is 20.2. The van der Waals surface area contributed by atoms with Crippen molar-refractivity contribution >= 4 is 17.8 Å². The second-order valence-corrected chi connectivity index (χ2v) is 4.12. The van der Waals surface area contributed by atoms with Crippen molar-refractivity contribution < 1.29 is 19.5 Å². The fourth-order valence-electron chi connectivity index (χ4n) is 1.85. The Morgan fingerprint density at radius 2 is 2.24 bits per heavy atom. The van der Waals surface area contributed by atoms with Gasteiger partial charge in [0.2, 0.25) is 11.8 Å². The molecule has 0 spiro atoms. The molecule has 96 valence electrons. The van der Waals surface area contributed by atoms with E-state index < -0.39 is 11.9 Å². The molecule has 6 nitrogen and oxygen atoms in total. The molecule has 1 aliphatic heterocycles. The van der Waals surface area contributed by atoms with Crippen molar-refractivity contribution in [3.05, 3.63) is 0 Å². The number of likely N-dealkylation sites (tertiary alicyclic amines) is 1. The highest BCUT2D eigenvalue weighted by Gasteiger charge is 2.29. The second kappa shape index (κ2) is 6.22. The number of carboxylic acid groups (broad SMARTS) is 1. The van der Waals surface area contributed by atoms with E-state index in [4.69, 9.17) is 5.11 Å². The number of rotatable bonds is 5. The summed E-state index contributed by atoms with van der Waals surface area (Å²) in [6.45, 7) is 2.90. The molecule has 1 aliphatic rings. The van der Waals surface area contributed by atoms with Gasteiger partial charge in [0.1, 0.15) is 0 Å². The number of carboxylic acids is 1. The third kappa shape index (κ3) is 4.05. The van der Waals surface area contributed by atoms with Crippen LogP contribution < -0.4 is 5.32 Å². The molecule has 2 amide bonds. The van der Waals surface area contributed by atoms with Gasteiger partial charge in [-0.1, -0.05) is 0 Å². The van der Waals surface area contributed by atoms with Crippen LogP contribution >= 0.6 is 0 Å². The molecule has 0 aromatic heterocycles. The SMILES string of the molecule is CCNC(=O)CCN1CC(C(=O)O)CCC1=O. The smallest absolute Gasteiger partial charge is 0.308 e. The first-order valence-corrected chi connectivity index (χ1v) is 5.81. The van der Waals surface area contributed by atoms with E-state index in [1.54, 1.807) is 0 Å². The maximum atomic E-state index is 11.5. The Morgan fingerprint density at radius 3 is 2.82 bits per heavy atom. The van der Waals surface area contributed by atoms with Crippen molar-refractivity contribution in [3.8, 4) is 0 Å². The van der Waals surface area contributed by atoms with E-state index in [2.05, 4.69) is 5.32 Å². The Hall–Kier alpha value is -1.59. The highest BCUT2D eigenvalue weighted by atomic mass is 16.4. The number of piperidine rings is 1. The molecule has 17 heavy (non-hydrogen) atoms. The van der Waals surface area contributed by atoms with Crippen molar-refractivity contribution in [3.63, 3.8) is 0 Å². The Bertz CT molecular complexity index is 317. The maximum absolute atomic E-state index is 11.5. The summed E-state index contributed by atoms with van der Waals surface area (Å²) in [6, 6.07) is 0.